The third kappa shape index (κ3) is 4.17. The number of nitrogens with zero attached hydrogens (tertiary/aromatic N) is 5. The van der Waals surface area contributed by atoms with Crippen molar-refractivity contribution in [1.29, 1.82) is 0 Å². The highest BCUT2D eigenvalue weighted by atomic mass is 32.2. The number of rotatable bonds is 5. The van der Waals surface area contributed by atoms with Crippen molar-refractivity contribution in [2.75, 3.05) is 32.5 Å². The number of nitrogens with one attached hydrogen (secondary N) is 1. The molecule has 3 heterocycles. The van der Waals surface area contributed by atoms with E-state index < -0.39 is 10.2 Å². The van der Waals surface area contributed by atoms with E-state index in [1.807, 2.05) is 25.1 Å². The lowest BCUT2D eigenvalue weighted by molar-refractivity contribution is 0.296. The first-order valence-corrected chi connectivity index (χ1v) is 9.96. The second kappa shape index (κ2) is 7.65. The minimum absolute atomic E-state index is 0.0491. The first-order chi connectivity index (χ1) is 12.4. The first kappa shape index (κ1) is 18.7. The minimum Gasteiger partial charge on any atom is -0.309 e. The smallest absolute Gasteiger partial charge is 0.281 e. The SMILES string of the molecule is Cc1ccc(Nc2nccc([C@H]3CCCN(S(=O)(=O)N(C)C)C3)n2)nc1. The van der Waals surface area contributed by atoms with Crippen LogP contribution in [0.5, 0.6) is 0 Å². The Morgan fingerprint density at radius 3 is 2.73 bits per heavy atom. The Bertz CT molecular complexity index is 854. The zero-order valence-corrected chi connectivity index (χ0v) is 16.1. The van der Waals surface area contributed by atoms with Crippen molar-refractivity contribution in [1.82, 2.24) is 23.6 Å². The molecule has 0 saturated carbocycles. The van der Waals surface area contributed by atoms with Gasteiger partial charge in [0.25, 0.3) is 10.2 Å². The van der Waals surface area contributed by atoms with Crippen LogP contribution in [-0.4, -0.2) is 59.2 Å². The summed E-state index contributed by atoms with van der Waals surface area (Å²) in [4.78, 5) is 13.1. The summed E-state index contributed by atoms with van der Waals surface area (Å²) in [6, 6.07) is 5.69. The fourth-order valence-corrected chi connectivity index (χ4v) is 4.13. The highest BCUT2D eigenvalue weighted by molar-refractivity contribution is 7.86. The van der Waals surface area contributed by atoms with Gasteiger partial charge in [-0.1, -0.05) is 6.07 Å². The Morgan fingerprint density at radius 1 is 1.23 bits per heavy atom. The molecule has 2 aromatic rings. The summed E-state index contributed by atoms with van der Waals surface area (Å²) in [6.07, 6.45) is 5.18. The van der Waals surface area contributed by atoms with Crippen LogP contribution in [0.3, 0.4) is 0 Å². The van der Waals surface area contributed by atoms with Crippen molar-refractivity contribution in [3.8, 4) is 0 Å². The van der Waals surface area contributed by atoms with E-state index in [-0.39, 0.29) is 5.92 Å². The Morgan fingerprint density at radius 2 is 2.04 bits per heavy atom. The fourth-order valence-electron chi connectivity index (χ4n) is 2.94. The zero-order chi connectivity index (χ0) is 18.7. The molecule has 2 aromatic heterocycles. The van der Waals surface area contributed by atoms with Gasteiger partial charge in [-0.25, -0.2) is 15.0 Å². The van der Waals surface area contributed by atoms with Gasteiger partial charge < -0.3 is 5.32 Å². The molecule has 1 aliphatic heterocycles. The summed E-state index contributed by atoms with van der Waals surface area (Å²) in [5.41, 5.74) is 1.92. The van der Waals surface area contributed by atoms with Crippen LogP contribution in [0.25, 0.3) is 0 Å². The molecule has 1 saturated heterocycles. The molecular weight excluding hydrogens is 352 g/mol. The van der Waals surface area contributed by atoms with Crippen molar-refractivity contribution in [2.24, 2.45) is 0 Å². The maximum Gasteiger partial charge on any atom is 0.281 e. The average Bonchev–Trinajstić information content (AvgIpc) is 2.64. The molecule has 0 amide bonds. The molecule has 26 heavy (non-hydrogen) atoms. The molecule has 8 nitrogen and oxygen atoms in total. The molecule has 0 bridgehead atoms. The number of pyridine rings is 1. The number of hydrogen-bond donors (Lipinski definition) is 1. The number of piperidine rings is 1. The fraction of sp³-hybridized carbons (Fsp3) is 0.471. The van der Waals surface area contributed by atoms with Gasteiger partial charge in [0.15, 0.2) is 0 Å². The van der Waals surface area contributed by atoms with E-state index in [1.54, 1.807) is 26.5 Å². The Balaban J connectivity index is 1.76. The first-order valence-electron chi connectivity index (χ1n) is 8.56. The van der Waals surface area contributed by atoms with Gasteiger partial charge in [0.05, 0.1) is 5.69 Å². The zero-order valence-electron chi connectivity index (χ0n) is 15.3. The van der Waals surface area contributed by atoms with Crippen molar-refractivity contribution < 1.29 is 8.42 Å². The highest BCUT2D eigenvalue weighted by Crippen LogP contribution is 2.28. The lowest BCUT2D eigenvalue weighted by Crippen LogP contribution is -2.45. The van der Waals surface area contributed by atoms with Crippen LogP contribution in [-0.2, 0) is 10.2 Å². The van der Waals surface area contributed by atoms with Crippen LogP contribution in [0.15, 0.2) is 30.6 Å². The van der Waals surface area contributed by atoms with Crippen LogP contribution in [0.2, 0.25) is 0 Å². The molecule has 0 spiro atoms. The summed E-state index contributed by atoms with van der Waals surface area (Å²) in [5.74, 6) is 1.19. The van der Waals surface area contributed by atoms with Gasteiger partial charge in [0.2, 0.25) is 5.95 Å². The third-order valence-electron chi connectivity index (χ3n) is 4.42. The van der Waals surface area contributed by atoms with Crippen LogP contribution < -0.4 is 5.32 Å². The molecule has 3 rings (SSSR count). The van der Waals surface area contributed by atoms with E-state index in [4.69, 9.17) is 0 Å². The Hall–Kier alpha value is -2.10. The summed E-state index contributed by atoms with van der Waals surface area (Å²) in [7, 11) is -0.294. The summed E-state index contributed by atoms with van der Waals surface area (Å²) in [5, 5.41) is 3.10. The topological polar surface area (TPSA) is 91.3 Å². The maximum absolute atomic E-state index is 12.4. The van der Waals surface area contributed by atoms with Crippen molar-refractivity contribution in [3.05, 3.63) is 41.9 Å². The van der Waals surface area contributed by atoms with E-state index in [9.17, 15) is 8.42 Å². The summed E-state index contributed by atoms with van der Waals surface area (Å²) < 4.78 is 27.6. The quantitative estimate of drug-likeness (QED) is 0.857. The van der Waals surface area contributed by atoms with Gasteiger partial charge in [-0.15, -0.1) is 0 Å². The van der Waals surface area contributed by atoms with Crippen LogP contribution in [0.1, 0.15) is 30.0 Å². The largest absolute Gasteiger partial charge is 0.309 e. The maximum atomic E-state index is 12.4. The second-order valence-corrected chi connectivity index (χ2v) is 8.78. The van der Waals surface area contributed by atoms with Crippen LogP contribution in [0.4, 0.5) is 11.8 Å². The number of hydrogen-bond acceptors (Lipinski definition) is 6. The monoisotopic (exact) mass is 376 g/mol. The summed E-state index contributed by atoms with van der Waals surface area (Å²) >= 11 is 0. The Kier molecular flexibility index (Phi) is 5.49. The van der Waals surface area contributed by atoms with Crippen molar-refractivity contribution in [3.63, 3.8) is 0 Å². The molecule has 0 radical (unpaired) electrons. The third-order valence-corrected chi connectivity index (χ3v) is 6.33. The van der Waals surface area contributed by atoms with Crippen molar-refractivity contribution >= 4 is 22.0 Å². The molecule has 0 unspecified atom stereocenters. The van der Waals surface area contributed by atoms with E-state index >= 15 is 0 Å². The predicted octanol–water partition coefficient (Wildman–Crippen LogP) is 1.91. The van der Waals surface area contributed by atoms with Gasteiger partial charge in [-0.3, -0.25) is 0 Å². The van der Waals surface area contributed by atoms with Gasteiger partial charge in [-0.2, -0.15) is 17.0 Å². The number of anilines is 2. The molecule has 0 aromatic carbocycles. The van der Waals surface area contributed by atoms with Gasteiger partial charge in [0, 0.05) is 45.5 Å². The number of aromatic nitrogens is 3. The van der Waals surface area contributed by atoms with Gasteiger partial charge in [-0.05, 0) is 37.5 Å². The van der Waals surface area contributed by atoms with Crippen molar-refractivity contribution in [2.45, 2.75) is 25.7 Å². The van der Waals surface area contributed by atoms with Gasteiger partial charge in [0.1, 0.15) is 5.82 Å². The van der Waals surface area contributed by atoms with Crippen LogP contribution >= 0.6 is 0 Å². The normalized spacial score (nSPS) is 18.8. The summed E-state index contributed by atoms with van der Waals surface area (Å²) in [6.45, 7) is 2.95. The van der Waals surface area contributed by atoms with E-state index in [2.05, 4.69) is 20.3 Å². The predicted molar refractivity (Wildman–Crippen MR) is 100 cm³/mol. The lowest BCUT2D eigenvalue weighted by atomic mass is 9.96. The minimum atomic E-state index is -3.41. The van der Waals surface area contributed by atoms with E-state index in [1.165, 1.54) is 8.61 Å². The molecule has 1 N–H and O–H groups in total. The standard InChI is InChI=1S/C17H24N6O2S/c1-13-6-7-16(19-11-13)21-17-18-9-8-15(20-17)14-5-4-10-23(12-14)26(24,25)22(2)3/h6-9,11,14H,4-5,10,12H2,1-3H3,(H,18,19,20,21)/t14-/m0/s1. The van der Waals surface area contributed by atoms with Crippen LogP contribution in [0, 0.1) is 6.92 Å². The average molecular weight is 376 g/mol. The van der Waals surface area contributed by atoms with Gasteiger partial charge >= 0.3 is 0 Å². The Labute approximate surface area is 154 Å². The molecule has 1 atom stereocenters. The number of aryl methyl sites for hydroxylation is 1. The molecule has 1 aliphatic rings. The molecule has 0 aliphatic carbocycles. The molecule has 140 valence electrons. The lowest BCUT2D eigenvalue weighted by Gasteiger charge is -2.33. The second-order valence-electron chi connectivity index (χ2n) is 6.64. The molecular formula is C17H24N6O2S. The van der Waals surface area contributed by atoms with E-state index in [0.29, 0.717) is 24.9 Å². The van der Waals surface area contributed by atoms with E-state index in [0.717, 1.165) is 24.1 Å². The molecule has 9 heteroatoms. The highest BCUT2D eigenvalue weighted by Gasteiger charge is 2.31. The molecule has 1 fully saturated rings.